The first kappa shape index (κ1) is 21.8. The van der Waals surface area contributed by atoms with Crippen LogP contribution in [0.3, 0.4) is 0 Å². The summed E-state index contributed by atoms with van der Waals surface area (Å²) in [6, 6.07) is 9.26. The lowest BCUT2D eigenvalue weighted by atomic mass is 10.2. The first-order valence-corrected chi connectivity index (χ1v) is 9.58. The first-order chi connectivity index (χ1) is 15.0. The summed E-state index contributed by atoms with van der Waals surface area (Å²) < 4.78 is 6.72. The lowest BCUT2D eigenvalue weighted by Crippen LogP contribution is -2.40. The number of Topliss-reactive ketones (excluding diaryl/α,β-unsaturated/α-hetero) is 1. The number of nitrogens with two attached hydrogens (primary N) is 1. The molecule has 2 heterocycles. The summed E-state index contributed by atoms with van der Waals surface area (Å²) >= 11 is 0. The fraction of sp³-hybridized carbons (Fsp3) is 0.300. The Hall–Kier alpha value is -3.86. The number of fused-ring (bicyclic) bond motifs is 1. The van der Waals surface area contributed by atoms with Gasteiger partial charge in [0.1, 0.15) is 25.3 Å². The highest BCUT2D eigenvalue weighted by molar-refractivity contribution is 5.93. The number of aromatic nitrogens is 4. The van der Waals surface area contributed by atoms with Crippen LogP contribution >= 0.6 is 0 Å². The molecule has 3 aromatic rings. The topological polar surface area (TPSA) is 145 Å². The third kappa shape index (κ3) is 5.82. The van der Waals surface area contributed by atoms with Crippen molar-refractivity contribution in [1.29, 1.82) is 0 Å². The predicted molar refractivity (Wildman–Crippen MR) is 112 cm³/mol. The molecule has 11 heteroatoms. The number of ether oxygens (including phenoxy) is 1. The number of imidazole rings is 1. The van der Waals surface area contributed by atoms with Crippen molar-refractivity contribution in [1.82, 2.24) is 24.4 Å². The largest absolute Gasteiger partial charge is 0.444 e. The van der Waals surface area contributed by atoms with E-state index in [-0.39, 0.29) is 50.3 Å². The van der Waals surface area contributed by atoms with Crippen LogP contribution in [0.2, 0.25) is 0 Å². The smallest absolute Gasteiger partial charge is 0.413 e. The molecule has 2 aromatic heterocycles. The Bertz CT molecular complexity index is 1070. The number of anilines is 1. The highest BCUT2D eigenvalue weighted by atomic mass is 16.5. The van der Waals surface area contributed by atoms with E-state index >= 15 is 0 Å². The Kier molecular flexibility index (Phi) is 7.22. The van der Waals surface area contributed by atoms with Gasteiger partial charge in [-0.1, -0.05) is 30.3 Å². The Morgan fingerprint density at radius 1 is 1.16 bits per heavy atom. The van der Waals surface area contributed by atoms with E-state index in [1.807, 2.05) is 30.3 Å². The maximum Gasteiger partial charge on any atom is 0.413 e. The third-order valence-corrected chi connectivity index (χ3v) is 4.31. The van der Waals surface area contributed by atoms with Gasteiger partial charge >= 0.3 is 6.09 Å². The lowest BCUT2D eigenvalue weighted by Gasteiger charge is -2.20. The van der Waals surface area contributed by atoms with Crippen molar-refractivity contribution in [2.45, 2.75) is 20.1 Å². The minimum atomic E-state index is -0.690. The molecule has 2 amide bonds. The van der Waals surface area contributed by atoms with Gasteiger partial charge in [-0.2, -0.15) is 0 Å². The van der Waals surface area contributed by atoms with Gasteiger partial charge in [0.25, 0.3) is 0 Å². The zero-order chi connectivity index (χ0) is 22.2. The number of amides is 2. The number of hydrogen-bond donors (Lipinski definition) is 2. The van der Waals surface area contributed by atoms with E-state index in [9.17, 15) is 14.4 Å². The standard InChI is InChI=1S/C20H23N7O4/c1-14(28)9-26(8-7-21)16(29)10-27-13-24-17-18(22-12-23-19(17)27)25-20(30)31-11-15-5-3-2-4-6-15/h2-6,12-13H,7-11,21H2,1H3,(H,22,23,25,30). The average Bonchev–Trinajstić information content (AvgIpc) is 3.16. The van der Waals surface area contributed by atoms with Crippen LogP contribution in [0.1, 0.15) is 12.5 Å². The molecule has 0 saturated carbocycles. The van der Waals surface area contributed by atoms with Gasteiger partial charge in [-0.15, -0.1) is 0 Å². The van der Waals surface area contributed by atoms with Crippen LogP contribution in [0.15, 0.2) is 43.0 Å². The maximum absolute atomic E-state index is 12.6. The average molecular weight is 425 g/mol. The molecule has 0 unspecified atom stereocenters. The highest BCUT2D eigenvalue weighted by Crippen LogP contribution is 2.18. The minimum Gasteiger partial charge on any atom is -0.444 e. The van der Waals surface area contributed by atoms with Crippen molar-refractivity contribution in [3.05, 3.63) is 48.5 Å². The van der Waals surface area contributed by atoms with Gasteiger partial charge in [0.05, 0.1) is 12.9 Å². The quantitative estimate of drug-likeness (QED) is 0.515. The van der Waals surface area contributed by atoms with E-state index in [2.05, 4.69) is 20.3 Å². The molecule has 0 aliphatic rings. The third-order valence-electron chi connectivity index (χ3n) is 4.31. The van der Waals surface area contributed by atoms with Crippen molar-refractivity contribution in [3.63, 3.8) is 0 Å². The van der Waals surface area contributed by atoms with Gasteiger partial charge in [-0.05, 0) is 12.5 Å². The summed E-state index contributed by atoms with van der Waals surface area (Å²) in [6.07, 6.45) is 1.99. The molecule has 162 valence electrons. The number of carbonyl (C=O) groups is 3. The Balaban J connectivity index is 1.69. The van der Waals surface area contributed by atoms with Crippen LogP contribution in [-0.2, 0) is 27.5 Å². The van der Waals surface area contributed by atoms with Crippen molar-refractivity contribution < 1.29 is 19.1 Å². The van der Waals surface area contributed by atoms with E-state index in [0.717, 1.165) is 5.56 Å². The van der Waals surface area contributed by atoms with Crippen molar-refractivity contribution in [3.8, 4) is 0 Å². The zero-order valence-corrected chi connectivity index (χ0v) is 17.0. The SMILES string of the molecule is CC(=O)CN(CCN)C(=O)Cn1cnc2c(NC(=O)OCc3ccccc3)ncnc21. The molecule has 0 aliphatic heterocycles. The second-order valence-corrected chi connectivity index (χ2v) is 6.76. The summed E-state index contributed by atoms with van der Waals surface area (Å²) in [7, 11) is 0. The van der Waals surface area contributed by atoms with E-state index in [1.165, 1.54) is 29.0 Å². The molecular weight excluding hydrogens is 402 g/mol. The molecule has 0 bridgehead atoms. The molecule has 0 spiro atoms. The normalized spacial score (nSPS) is 10.6. The van der Waals surface area contributed by atoms with E-state index in [1.54, 1.807) is 0 Å². The number of benzene rings is 1. The van der Waals surface area contributed by atoms with Gasteiger partial charge in [-0.25, -0.2) is 19.7 Å². The summed E-state index contributed by atoms with van der Waals surface area (Å²) in [6.45, 7) is 1.92. The molecule has 0 aliphatic carbocycles. The highest BCUT2D eigenvalue weighted by Gasteiger charge is 2.18. The van der Waals surface area contributed by atoms with Crippen LogP contribution in [0.4, 0.5) is 10.6 Å². The van der Waals surface area contributed by atoms with E-state index in [4.69, 9.17) is 10.5 Å². The monoisotopic (exact) mass is 425 g/mol. The van der Waals surface area contributed by atoms with E-state index < -0.39 is 6.09 Å². The van der Waals surface area contributed by atoms with Crippen LogP contribution < -0.4 is 11.1 Å². The molecule has 0 fully saturated rings. The van der Waals surface area contributed by atoms with Gasteiger partial charge in [0, 0.05) is 13.1 Å². The van der Waals surface area contributed by atoms with E-state index in [0.29, 0.717) is 11.2 Å². The number of carbonyl (C=O) groups excluding carboxylic acids is 3. The summed E-state index contributed by atoms with van der Waals surface area (Å²) in [5, 5.41) is 2.55. The van der Waals surface area contributed by atoms with Crippen molar-refractivity contribution >= 4 is 34.8 Å². The van der Waals surface area contributed by atoms with Gasteiger partial charge < -0.3 is 19.9 Å². The number of hydrogen-bond acceptors (Lipinski definition) is 8. The molecular formula is C20H23N7O4. The second kappa shape index (κ2) is 10.3. The molecule has 3 rings (SSSR count). The molecule has 31 heavy (non-hydrogen) atoms. The van der Waals surface area contributed by atoms with Crippen LogP contribution in [0.5, 0.6) is 0 Å². The number of rotatable bonds is 9. The minimum absolute atomic E-state index is 0.0162. The second-order valence-electron chi connectivity index (χ2n) is 6.76. The lowest BCUT2D eigenvalue weighted by molar-refractivity contribution is -0.135. The van der Waals surface area contributed by atoms with Crippen molar-refractivity contribution in [2.75, 3.05) is 25.0 Å². The Morgan fingerprint density at radius 2 is 1.94 bits per heavy atom. The van der Waals surface area contributed by atoms with Gasteiger partial charge in [0.2, 0.25) is 5.91 Å². The summed E-state index contributed by atoms with van der Waals surface area (Å²) in [5.41, 5.74) is 7.05. The zero-order valence-electron chi connectivity index (χ0n) is 17.0. The molecule has 0 radical (unpaired) electrons. The van der Waals surface area contributed by atoms with Crippen LogP contribution in [0.25, 0.3) is 11.2 Å². The van der Waals surface area contributed by atoms with Crippen LogP contribution in [-0.4, -0.2) is 61.8 Å². The number of ketones is 1. The molecule has 1 aromatic carbocycles. The van der Waals surface area contributed by atoms with Crippen molar-refractivity contribution in [2.24, 2.45) is 5.73 Å². The summed E-state index contributed by atoms with van der Waals surface area (Å²) in [4.78, 5) is 50.0. The molecule has 0 saturated heterocycles. The Morgan fingerprint density at radius 3 is 2.65 bits per heavy atom. The fourth-order valence-electron chi connectivity index (χ4n) is 2.91. The maximum atomic E-state index is 12.6. The van der Waals surface area contributed by atoms with Gasteiger partial charge in [-0.3, -0.25) is 14.9 Å². The first-order valence-electron chi connectivity index (χ1n) is 9.58. The molecule has 0 atom stereocenters. The van der Waals surface area contributed by atoms with Gasteiger partial charge in [0.15, 0.2) is 17.0 Å². The Labute approximate surface area is 178 Å². The predicted octanol–water partition coefficient (Wildman–Crippen LogP) is 0.951. The number of nitrogens with one attached hydrogen (secondary N) is 1. The van der Waals surface area contributed by atoms with Crippen LogP contribution in [0, 0.1) is 0 Å². The fourth-order valence-corrected chi connectivity index (χ4v) is 2.91. The molecule has 11 nitrogen and oxygen atoms in total. The summed E-state index contributed by atoms with van der Waals surface area (Å²) in [5.74, 6) is -0.271. The molecule has 3 N–H and O–H groups in total. The number of nitrogens with zero attached hydrogens (tertiary/aromatic N) is 5.